The van der Waals surface area contributed by atoms with Gasteiger partial charge >= 0.3 is 5.97 Å². The molecule has 2 saturated carbocycles. The second-order valence-electron chi connectivity index (χ2n) is 6.52. The number of carboxylic acid groups (broad SMARTS) is 1. The van der Waals surface area contributed by atoms with E-state index in [1.807, 2.05) is 18.2 Å². The molecule has 124 valence electrons. The Balaban J connectivity index is 1.48. The standard InChI is InChI=1S/C17H18N4O3/c22-16(12-6-7-13(12)17(23)24)18-11-3-1-2-10(8-11)15-19-14(20-21-15)9-4-5-9/h1-3,8-9,12-13H,4-7H2,(H,18,22)(H,23,24)(H,19,20,21). The molecular weight excluding hydrogens is 308 g/mol. The third-order valence-corrected chi connectivity index (χ3v) is 4.78. The van der Waals surface area contributed by atoms with Crippen molar-refractivity contribution in [1.82, 2.24) is 15.2 Å². The molecule has 2 aliphatic rings. The van der Waals surface area contributed by atoms with E-state index in [2.05, 4.69) is 20.5 Å². The molecule has 0 spiro atoms. The van der Waals surface area contributed by atoms with Gasteiger partial charge in [-0.3, -0.25) is 14.7 Å². The summed E-state index contributed by atoms with van der Waals surface area (Å²) in [7, 11) is 0. The van der Waals surface area contributed by atoms with Crippen molar-refractivity contribution in [2.75, 3.05) is 5.32 Å². The van der Waals surface area contributed by atoms with Crippen LogP contribution in [0.15, 0.2) is 24.3 Å². The summed E-state index contributed by atoms with van der Waals surface area (Å²) in [5.74, 6) is -0.125. The van der Waals surface area contributed by atoms with Crippen molar-refractivity contribution < 1.29 is 14.7 Å². The number of carboxylic acids is 1. The van der Waals surface area contributed by atoms with Crippen LogP contribution in [0, 0.1) is 11.8 Å². The van der Waals surface area contributed by atoms with Crippen molar-refractivity contribution >= 4 is 17.6 Å². The normalized spacial score (nSPS) is 22.7. The Labute approximate surface area is 138 Å². The van der Waals surface area contributed by atoms with Crippen LogP contribution in [0.25, 0.3) is 11.4 Å². The summed E-state index contributed by atoms with van der Waals surface area (Å²) >= 11 is 0. The maximum atomic E-state index is 12.2. The van der Waals surface area contributed by atoms with Gasteiger partial charge in [0.05, 0.1) is 11.8 Å². The monoisotopic (exact) mass is 326 g/mol. The third kappa shape index (κ3) is 2.77. The van der Waals surface area contributed by atoms with Crippen molar-refractivity contribution in [2.45, 2.75) is 31.6 Å². The zero-order chi connectivity index (χ0) is 16.7. The first kappa shape index (κ1) is 14.9. The van der Waals surface area contributed by atoms with Crippen LogP contribution in [-0.2, 0) is 9.59 Å². The summed E-state index contributed by atoms with van der Waals surface area (Å²) in [6.45, 7) is 0. The molecule has 2 aliphatic carbocycles. The van der Waals surface area contributed by atoms with E-state index < -0.39 is 17.8 Å². The Kier molecular flexibility index (Phi) is 3.55. The highest BCUT2D eigenvalue weighted by atomic mass is 16.4. The van der Waals surface area contributed by atoms with E-state index >= 15 is 0 Å². The third-order valence-electron chi connectivity index (χ3n) is 4.78. The van der Waals surface area contributed by atoms with Crippen LogP contribution in [0.3, 0.4) is 0 Å². The smallest absolute Gasteiger partial charge is 0.307 e. The van der Waals surface area contributed by atoms with Gasteiger partial charge < -0.3 is 10.4 Å². The molecule has 1 amide bonds. The molecular formula is C17H18N4O3. The molecule has 1 aromatic heterocycles. The summed E-state index contributed by atoms with van der Waals surface area (Å²) in [5, 5.41) is 19.1. The summed E-state index contributed by atoms with van der Waals surface area (Å²) < 4.78 is 0. The van der Waals surface area contributed by atoms with Crippen LogP contribution in [0.2, 0.25) is 0 Å². The molecule has 7 heteroatoms. The molecule has 2 unspecified atom stereocenters. The number of hydrogen-bond donors (Lipinski definition) is 3. The largest absolute Gasteiger partial charge is 0.481 e. The number of nitrogens with zero attached hydrogens (tertiary/aromatic N) is 2. The quantitative estimate of drug-likeness (QED) is 0.782. The summed E-state index contributed by atoms with van der Waals surface area (Å²) in [5.41, 5.74) is 1.45. The topological polar surface area (TPSA) is 108 Å². The lowest BCUT2D eigenvalue weighted by Gasteiger charge is -2.31. The Morgan fingerprint density at radius 1 is 1.17 bits per heavy atom. The van der Waals surface area contributed by atoms with Crippen molar-refractivity contribution in [3.05, 3.63) is 30.1 Å². The number of nitrogens with one attached hydrogen (secondary N) is 2. The minimum atomic E-state index is -0.900. The van der Waals surface area contributed by atoms with Gasteiger partial charge in [0.15, 0.2) is 5.82 Å². The van der Waals surface area contributed by atoms with E-state index in [4.69, 9.17) is 5.11 Å². The number of anilines is 1. The van der Waals surface area contributed by atoms with E-state index in [9.17, 15) is 9.59 Å². The van der Waals surface area contributed by atoms with E-state index in [-0.39, 0.29) is 5.91 Å². The Bertz CT molecular complexity index is 797. The molecule has 24 heavy (non-hydrogen) atoms. The Morgan fingerprint density at radius 2 is 1.96 bits per heavy atom. The SMILES string of the molecule is O=C(O)C1CCC1C(=O)Nc1cccc(-c2n[nH]c(C3CC3)n2)c1. The summed E-state index contributed by atoms with van der Waals surface area (Å²) in [4.78, 5) is 27.8. The number of rotatable bonds is 5. The van der Waals surface area contributed by atoms with Gasteiger partial charge in [-0.2, -0.15) is 5.10 Å². The minimum Gasteiger partial charge on any atom is -0.481 e. The molecule has 2 fully saturated rings. The van der Waals surface area contributed by atoms with Gasteiger partial charge in [-0.05, 0) is 37.8 Å². The van der Waals surface area contributed by atoms with E-state index in [1.165, 1.54) is 0 Å². The molecule has 0 aliphatic heterocycles. The number of aromatic amines is 1. The number of aromatic nitrogens is 3. The van der Waals surface area contributed by atoms with Crippen LogP contribution in [0.1, 0.15) is 37.4 Å². The van der Waals surface area contributed by atoms with E-state index in [0.29, 0.717) is 30.3 Å². The van der Waals surface area contributed by atoms with Crippen LogP contribution in [0.5, 0.6) is 0 Å². The van der Waals surface area contributed by atoms with Crippen molar-refractivity contribution in [3.63, 3.8) is 0 Å². The second-order valence-corrected chi connectivity index (χ2v) is 6.52. The van der Waals surface area contributed by atoms with Crippen molar-refractivity contribution in [3.8, 4) is 11.4 Å². The van der Waals surface area contributed by atoms with Gasteiger partial charge in [0, 0.05) is 17.2 Å². The number of aliphatic carboxylic acids is 1. The predicted molar refractivity (Wildman–Crippen MR) is 86.3 cm³/mol. The molecule has 1 aromatic carbocycles. The Hall–Kier alpha value is -2.70. The first-order valence-electron chi connectivity index (χ1n) is 8.18. The van der Waals surface area contributed by atoms with Gasteiger partial charge in [0.2, 0.25) is 5.91 Å². The molecule has 2 aromatic rings. The Morgan fingerprint density at radius 3 is 2.62 bits per heavy atom. The molecule has 4 rings (SSSR count). The van der Waals surface area contributed by atoms with Crippen LogP contribution in [0.4, 0.5) is 5.69 Å². The summed E-state index contributed by atoms with van der Waals surface area (Å²) in [6, 6.07) is 7.31. The van der Waals surface area contributed by atoms with Crippen molar-refractivity contribution in [2.24, 2.45) is 11.8 Å². The molecule has 7 nitrogen and oxygen atoms in total. The van der Waals surface area contributed by atoms with Crippen molar-refractivity contribution in [1.29, 1.82) is 0 Å². The molecule has 0 radical (unpaired) electrons. The maximum Gasteiger partial charge on any atom is 0.307 e. The fourth-order valence-electron chi connectivity index (χ4n) is 3.02. The highest BCUT2D eigenvalue weighted by molar-refractivity contribution is 5.96. The highest BCUT2D eigenvalue weighted by Crippen LogP contribution is 2.38. The second kappa shape index (κ2) is 5.74. The lowest BCUT2D eigenvalue weighted by molar-refractivity contribution is -0.151. The number of carbonyl (C=O) groups is 2. The fraction of sp³-hybridized carbons (Fsp3) is 0.412. The lowest BCUT2D eigenvalue weighted by Crippen LogP contribution is -2.41. The molecule has 0 bridgehead atoms. The van der Waals surface area contributed by atoms with Gasteiger partial charge in [0.1, 0.15) is 5.82 Å². The number of hydrogen-bond acceptors (Lipinski definition) is 4. The summed E-state index contributed by atoms with van der Waals surface area (Å²) in [6.07, 6.45) is 3.48. The zero-order valence-electron chi connectivity index (χ0n) is 13.0. The minimum absolute atomic E-state index is 0.237. The van der Waals surface area contributed by atoms with Gasteiger partial charge in [-0.1, -0.05) is 12.1 Å². The molecule has 3 N–H and O–H groups in total. The van der Waals surface area contributed by atoms with Gasteiger partial charge in [0.25, 0.3) is 0 Å². The van der Waals surface area contributed by atoms with E-state index in [1.54, 1.807) is 6.07 Å². The molecule has 0 saturated heterocycles. The number of benzene rings is 1. The average molecular weight is 326 g/mol. The van der Waals surface area contributed by atoms with Gasteiger partial charge in [-0.25, -0.2) is 4.98 Å². The van der Waals surface area contributed by atoms with Crippen LogP contribution < -0.4 is 5.32 Å². The maximum absolute atomic E-state index is 12.2. The zero-order valence-corrected chi connectivity index (χ0v) is 13.0. The number of carbonyl (C=O) groups excluding carboxylic acids is 1. The predicted octanol–water partition coefficient (Wildman–Crippen LogP) is 2.40. The molecule has 2 atom stereocenters. The number of H-pyrrole nitrogens is 1. The van der Waals surface area contributed by atoms with E-state index in [0.717, 1.165) is 24.2 Å². The lowest BCUT2D eigenvalue weighted by atomic mass is 9.73. The molecule has 1 heterocycles. The number of amides is 1. The fourth-order valence-corrected chi connectivity index (χ4v) is 3.02. The van der Waals surface area contributed by atoms with Crippen LogP contribution >= 0.6 is 0 Å². The van der Waals surface area contributed by atoms with Crippen LogP contribution in [-0.4, -0.2) is 32.2 Å². The van der Waals surface area contributed by atoms with Gasteiger partial charge in [-0.15, -0.1) is 0 Å². The first-order valence-corrected chi connectivity index (χ1v) is 8.18. The first-order chi connectivity index (χ1) is 11.6. The highest BCUT2D eigenvalue weighted by Gasteiger charge is 2.41. The average Bonchev–Trinajstić information content (AvgIpc) is 3.23.